The smallest absolute Gasteiger partial charge is 0.127 e. The lowest BCUT2D eigenvalue weighted by Crippen LogP contribution is -2.06. The summed E-state index contributed by atoms with van der Waals surface area (Å²) in [5.74, 6) is 0.996. The van der Waals surface area contributed by atoms with Gasteiger partial charge in [0.25, 0.3) is 0 Å². The minimum absolute atomic E-state index is 0.729. The second kappa shape index (κ2) is 3.65. The minimum Gasteiger partial charge on any atom is -0.489 e. The van der Waals surface area contributed by atoms with Crippen molar-refractivity contribution in [1.82, 2.24) is 0 Å². The number of benzene rings is 1. The zero-order chi connectivity index (χ0) is 9.10. The minimum atomic E-state index is 0.729. The Morgan fingerprint density at radius 2 is 2.15 bits per heavy atom. The Balaban J connectivity index is 2.28. The molecule has 0 spiro atoms. The van der Waals surface area contributed by atoms with Crippen LogP contribution in [-0.4, -0.2) is 6.61 Å². The van der Waals surface area contributed by atoms with Crippen LogP contribution in [0.3, 0.4) is 0 Å². The van der Waals surface area contributed by atoms with E-state index in [0.29, 0.717) is 0 Å². The van der Waals surface area contributed by atoms with Gasteiger partial charge in [-0.15, -0.1) is 0 Å². The largest absolute Gasteiger partial charge is 0.489 e. The molecule has 2 rings (SSSR count). The van der Waals surface area contributed by atoms with E-state index in [-0.39, 0.29) is 0 Å². The number of hydrogen-bond acceptors (Lipinski definition) is 1. The zero-order valence-electron chi connectivity index (χ0n) is 7.62. The second-order valence-corrected chi connectivity index (χ2v) is 3.23. The molecular weight excluding hydrogens is 160 g/mol. The van der Waals surface area contributed by atoms with Gasteiger partial charge < -0.3 is 4.74 Å². The van der Waals surface area contributed by atoms with Crippen LogP contribution in [0.1, 0.15) is 18.4 Å². The fourth-order valence-corrected chi connectivity index (χ4v) is 1.53. The molecule has 0 fully saturated rings. The van der Waals surface area contributed by atoms with E-state index >= 15 is 0 Å². The first kappa shape index (κ1) is 8.36. The standard InChI is InChI=1S/C12H13O/c1-2-5-10-8-11-6-3-4-7-12(11)13-9-10/h3-4,6-8H,1-2,5,9H2. The van der Waals surface area contributed by atoms with Crippen molar-refractivity contribution < 1.29 is 4.74 Å². The van der Waals surface area contributed by atoms with Crippen molar-refractivity contribution in [2.45, 2.75) is 12.8 Å². The lowest BCUT2D eigenvalue weighted by Gasteiger charge is -2.17. The third-order valence-electron chi connectivity index (χ3n) is 2.19. The summed E-state index contributed by atoms with van der Waals surface area (Å²) >= 11 is 0. The predicted octanol–water partition coefficient (Wildman–Crippen LogP) is 3.08. The van der Waals surface area contributed by atoms with Gasteiger partial charge in [0.2, 0.25) is 0 Å². The van der Waals surface area contributed by atoms with Crippen LogP contribution >= 0.6 is 0 Å². The van der Waals surface area contributed by atoms with Gasteiger partial charge in [-0.2, -0.15) is 0 Å². The highest BCUT2D eigenvalue weighted by Gasteiger charge is 2.08. The maximum absolute atomic E-state index is 5.59. The second-order valence-electron chi connectivity index (χ2n) is 3.23. The van der Waals surface area contributed by atoms with Crippen LogP contribution in [-0.2, 0) is 0 Å². The van der Waals surface area contributed by atoms with Crippen LogP contribution in [0.2, 0.25) is 0 Å². The molecule has 0 saturated carbocycles. The highest BCUT2D eigenvalue weighted by Crippen LogP contribution is 2.26. The average molecular weight is 173 g/mol. The molecule has 1 aliphatic rings. The summed E-state index contributed by atoms with van der Waals surface area (Å²) in [4.78, 5) is 0. The van der Waals surface area contributed by atoms with Gasteiger partial charge in [-0.1, -0.05) is 25.1 Å². The fourth-order valence-electron chi connectivity index (χ4n) is 1.53. The number of fused-ring (bicyclic) bond motifs is 1. The summed E-state index contributed by atoms with van der Waals surface area (Å²) in [7, 11) is 0. The molecule has 1 heterocycles. The Morgan fingerprint density at radius 1 is 1.31 bits per heavy atom. The van der Waals surface area contributed by atoms with Gasteiger partial charge in [0.15, 0.2) is 0 Å². The highest BCUT2D eigenvalue weighted by molar-refractivity contribution is 5.61. The van der Waals surface area contributed by atoms with Gasteiger partial charge in [-0.3, -0.25) is 0 Å². The molecule has 0 aliphatic carbocycles. The Morgan fingerprint density at radius 3 is 3.00 bits per heavy atom. The number of ether oxygens (including phenoxy) is 1. The molecule has 0 amide bonds. The van der Waals surface area contributed by atoms with Crippen molar-refractivity contribution >= 4 is 6.08 Å². The molecular formula is C12H13O. The Hall–Kier alpha value is -1.24. The fraction of sp³-hybridized carbons (Fsp3) is 0.250. The summed E-state index contributed by atoms with van der Waals surface area (Å²) in [5.41, 5.74) is 2.53. The zero-order valence-corrected chi connectivity index (χ0v) is 7.62. The van der Waals surface area contributed by atoms with Gasteiger partial charge in [0.05, 0.1) is 0 Å². The normalized spacial score (nSPS) is 14.4. The van der Waals surface area contributed by atoms with E-state index < -0.39 is 0 Å². The van der Waals surface area contributed by atoms with Crippen molar-refractivity contribution in [1.29, 1.82) is 0 Å². The predicted molar refractivity (Wildman–Crippen MR) is 54.5 cm³/mol. The molecule has 0 atom stereocenters. The molecule has 0 bridgehead atoms. The van der Waals surface area contributed by atoms with E-state index in [4.69, 9.17) is 4.74 Å². The van der Waals surface area contributed by atoms with Crippen molar-refractivity contribution in [3.05, 3.63) is 42.3 Å². The van der Waals surface area contributed by atoms with Crippen LogP contribution in [0.15, 0.2) is 29.8 Å². The van der Waals surface area contributed by atoms with E-state index in [1.54, 1.807) is 0 Å². The SMILES string of the molecule is [CH2]CCC1=Cc2ccccc2OC1. The van der Waals surface area contributed by atoms with Gasteiger partial charge >= 0.3 is 0 Å². The van der Waals surface area contributed by atoms with Crippen molar-refractivity contribution in [3.63, 3.8) is 0 Å². The first-order chi connectivity index (χ1) is 6.40. The van der Waals surface area contributed by atoms with Gasteiger partial charge in [-0.05, 0) is 30.6 Å². The summed E-state index contributed by atoms with van der Waals surface area (Å²) in [6.07, 6.45) is 4.19. The average Bonchev–Trinajstić information content (AvgIpc) is 2.18. The Bertz CT molecular complexity index is 326. The Kier molecular flexibility index (Phi) is 2.35. The summed E-state index contributed by atoms with van der Waals surface area (Å²) in [6, 6.07) is 8.12. The third-order valence-corrected chi connectivity index (χ3v) is 2.19. The number of rotatable bonds is 2. The summed E-state index contributed by atoms with van der Waals surface area (Å²) in [5, 5.41) is 0. The van der Waals surface area contributed by atoms with Crippen LogP contribution in [0.4, 0.5) is 0 Å². The topological polar surface area (TPSA) is 9.23 Å². The molecule has 1 aromatic carbocycles. The molecule has 67 valence electrons. The van der Waals surface area contributed by atoms with Gasteiger partial charge in [0, 0.05) is 5.56 Å². The van der Waals surface area contributed by atoms with E-state index in [9.17, 15) is 0 Å². The van der Waals surface area contributed by atoms with E-state index in [1.165, 1.54) is 11.1 Å². The van der Waals surface area contributed by atoms with Gasteiger partial charge in [0.1, 0.15) is 12.4 Å². The first-order valence-electron chi connectivity index (χ1n) is 4.60. The van der Waals surface area contributed by atoms with Crippen molar-refractivity contribution in [3.8, 4) is 5.75 Å². The van der Waals surface area contributed by atoms with E-state index in [0.717, 1.165) is 25.2 Å². The van der Waals surface area contributed by atoms with E-state index in [1.807, 2.05) is 18.2 Å². The molecule has 1 aliphatic heterocycles. The maximum atomic E-state index is 5.59. The molecule has 1 heteroatoms. The highest BCUT2D eigenvalue weighted by atomic mass is 16.5. The van der Waals surface area contributed by atoms with Crippen LogP contribution in [0, 0.1) is 6.92 Å². The van der Waals surface area contributed by atoms with E-state index in [2.05, 4.69) is 19.1 Å². The molecule has 0 aromatic heterocycles. The van der Waals surface area contributed by atoms with Gasteiger partial charge in [-0.25, -0.2) is 0 Å². The quantitative estimate of drug-likeness (QED) is 0.667. The third kappa shape index (κ3) is 1.74. The van der Waals surface area contributed by atoms with Crippen LogP contribution in [0.25, 0.3) is 6.08 Å². The Labute approximate surface area is 79.0 Å². The molecule has 13 heavy (non-hydrogen) atoms. The molecule has 0 unspecified atom stereocenters. The summed E-state index contributed by atoms with van der Waals surface area (Å²) in [6.45, 7) is 4.57. The molecule has 0 saturated heterocycles. The number of hydrogen-bond donors (Lipinski definition) is 0. The monoisotopic (exact) mass is 173 g/mol. The van der Waals surface area contributed by atoms with Crippen LogP contribution in [0.5, 0.6) is 5.75 Å². The van der Waals surface area contributed by atoms with Crippen molar-refractivity contribution in [2.24, 2.45) is 0 Å². The number of para-hydroxylation sites is 1. The molecule has 1 radical (unpaired) electrons. The summed E-state index contributed by atoms with van der Waals surface area (Å²) < 4.78 is 5.59. The maximum Gasteiger partial charge on any atom is 0.127 e. The lowest BCUT2D eigenvalue weighted by molar-refractivity contribution is 0.343. The van der Waals surface area contributed by atoms with Crippen molar-refractivity contribution in [2.75, 3.05) is 6.61 Å². The first-order valence-corrected chi connectivity index (χ1v) is 4.60. The van der Waals surface area contributed by atoms with Crippen LogP contribution < -0.4 is 4.74 Å². The molecule has 0 N–H and O–H groups in total. The molecule has 1 aromatic rings. The molecule has 1 nitrogen and oxygen atoms in total. The lowest BCUT2D eigenvalue weighted by atomic mass is 10.0.